The standard InChI is InChI=1S/C16H24N2/c1-18-10-6-14(7-11-18)13-2-4-15(5-3-13)16(12-17)8-9-16/h2-5,14H,6-12,17H2,1H3. The summed E-state index contributed by atoms with van der Waals surface area (Å²) in [5.41, 5.74) is 9.22. The van der Waals surface area contributed by atoms with E-state index >= 15 is 0 Å². The van der Waals surface area contributed by atoms with E-state index in [4.69, 9.17) is 5.73 Å². The van der Waals surface area contributed by atoms with Crippen LogP contribution in [-0.2, 0) is 5.41 Å². The quantitative estimate of drug-likeness (QED) is 0.885. The van der Waals surface area contributed by atoms with Gasteiger partial charge in [0.15, 0.2) is 0 Å². The molecule has 1 saturated carbocycles. The fourth-order valence-electron chi connectivity index (χ4n) is 3.21. The van der Waals surface area contributed by atoms with Crippen LogP contribution in [0, 0.1) is 0 Å². The Morgan fingerprint density at radius 1 is 1.17 bits per heavy atom. The maximum absolute atomic E-state index is 5.89. The molecule has 1 aliphatic heterocycles. The van der Waals surface area contributed by atoms with Gasteiger partial charge in [-0.3, -0.25) is 0 Å². The first-order chi connectivity index (χ1) is 8.73. The molecule has 0 bridgehead atoms. The molecule has 2 nitrogen and oxygen atoms in total. The summed E-state index contributed by atoms with van der Waals surface area (Å²) in [7, 11) is 2.22. The predicted octanol–water partition coefficient (Wildman–Crippen LogP) is 2.49. The summed E-state index contributed by atoms with van der Waals surface area (Å²) >= 11 is 0. The van der Waals surface area contributed by atoms with E-state index in [2.05, 4.69) is 36.2 Å². The minimum absolute atomic E-state index is 0.339. The van der Waals surface area contributed by atoms with Crippen molar-refractivity contribution >= 4 is 0 Å². The van der Waals surface area contributed by atoms with Crippen LogP contribution in [0.25, 0.3) is 0 Å². The Hall–Kier alpha value is -0.860. The summed E-state index contributed by atoms with van der Waals surface area (Å²) in [6.45, 7) is 3.28. The Kier molecular flexibility index (Phi) is 3.16. The number of likely N-dealkylation sites (tertiary alicyclic amines) is 1. The number of nitrogens with zero attached hydrogens (tertiary/aromatic N) is 1. The molecule has 98 valence electrons. The summed E-state index contributed by atoms with van der Waals surface area (Å²) in [5.74, 6) is 0.767. The van der Waals surface area contributed by atoms with Gasteiger partial charge in [-0.1, -0.05) is 24.3 Å². The Morgan fingerprint density at radius 2 is 1.78 bits per heavy atom. The highest BCUT2D eigenvalue weighted by molar-refractivity contribution is 5.35. The largest absolute Gasteiger partial charge is 0.330 e. The zero-order valence-corrected chi connectivity index (χ0v) is 11.4. The molecule has 1 aliphatic carbocycles. The molecule has 18 heavy (non-hydrogen) atoms. The average Bonchev–Trinajstić information content (AvgIpc) is 3.21. The highest BCUT2D eigenvalue weighted by Crippen LogP contribution is 2.47. The van der Waals surface area contributed by atoms with Crippen molar-refractivity contribution in [3.63, 3.8) is 0 Å². The highest BCUT2D eigenvalue weighted by Gasteiger charge is 2.42. The van der Waals surface area contributed by atoms with Crippen LogP contribution >= 0.6 is 0 Å². The van der Waals surface area contributed by atoms with Gasteiger partial charge in [-0.2, -0.15) is 0 Å². The first kappa shape index (κ1) is 12.2. The Bertz CT molecular complexity index is 398. The Morgan fingerprint density at radius 3 is 2.28 bits per heavy atom. The number of hydrogen-bond donors (Lipinski definition) is 1. The second-order valence-electron chi connectivity index (χ2n) is 6.18. The number of nitrogens with two attached hydrogens (primary N) is 1. The zero-order chi connectivity index (χ0) is 12.6. The number of piperidine rings is 1. The van der Waals surface area contributed by atoms with Crippen molar-refractivity contribution in [2.45, 2.75) is 37.0 Å². The molecule has 2 heteroatoms. The van der Waals surface area contributed by atoms with Crippen molar-refractivity contribution in [1.29, 1.82) is 0 Å². The lowest BCUT2D eigenvalue weighted by Crippen LogP contribution is -2.29. The number of hydrogen-bond acceptors (Lipinski definition) is 2. The third-order valence-electron chi connectivity index (χ3n) is 4.96. The van der Waals surface area contributed by atoms with Crippen LogP contribution in [0.4, 0.5) is 0 Å². The summed E-state index contributed by atoms with van der Waals surface area (Å²) < 4.78 is 0. The van der Waals surface area contributed by atoms with Crippen molar-refractivity contribution in [1.82, 2.24) is 4.90 Å². The van der Waals surface area contributed by atoms with Crippen LogP contribution in [0.5, 0.6) is 0 Å². The second kappa shape index (κ2) is 4.67. The molecule has 1 aromatic rings. The van der Waals surface area contributed by atoms with Crippen molar-refractivity contribution in [3.05, 3.63) is 35.4 Å². The minimum atomic E-state index is 0.339. The van der Waals surface area contributed by atoms with Crippen LogP contribution < -0.4 is 5.73 Å². The van der Waals surface area contributed by atoms with Gasteiger partial charge in [-0.15, -0.1) is 0 Å². The molecule has 2 N–H and O–H groups in total. The van der Waals surface area contributed by atoms with Gasteiger partial charge < -0.3 is 10.6 Å². The second-order valence-corrected chi connectivity index (χ2v) is 6.18. The van der Waals surface area contributed by atoms with Gasteiger partial charge in [0.2, 0.25) is 0 Å². The molecule has 2 fully saturated rings. The summed E-state index contributed by atoms with van der Waals surface area (Å²) in [4.78, 5) is 2.43. The molecule has 0 aromatic heterocycles. The van der Waals surface area contributed by atoms with E-state index in [-0.39, 0.29) is 0 Å². The molecule has 0 spiro atoms. The van der Waals surface area contributed by atoms with E-state index < -0.39 is 0 Å². The molecule has 2 aliphatic rings. The van der Waals surface area contributed by atoms with Crippen LogP contribution in [0.1, 0.15) is 42.7 Å². The van der Waals surface area contributed by atoms with Gasteiger partial charge in [0.05, 0.1) is 0 Å². The monoisotopic (exact) mass is 244 g/mol. The summed E-state index contributed by atoms with van der Waals surface area (Å²) in [6, 6.07) is 9.35. The lowest BCUT2D eigenvalue weighted by Gasteiger charge is -2.29. The first-order valence-electron chi connectivity index (χ1n) is 7.23. The lowest BCUT2D eigenvalue weighted by atomic mass is 9.87. The highest BCUT2D eigenvalue weighted by atomic mass is 15.1. The molecular weight excluding hydrogens is 220 g/mol. The molecule has 1 saturated heterocycles. The van der Waals surface area contributed by atoms with Crippen molar-refractivity contribution < 1.29 is 0 Å². The third kappa shape index (κ3) is 2.19. The van der Waals surface area contributed by atoms with Gasteiger partial charge in [-0.25, -0.2) is 0 Å². The molecular formula is C16H24N2. The van der Waals surface area contributed by atoms with Gasteiger partial charge in [-0.05, 0) is 62.9 Å². The van der Waals surface area contributed by atoms with E-state index in [9.17, 15) is 0 Å². The Balaban J connectivity index is 1.71. The molecule has 0 unspecified atom stereocenters. The number of benzene rings is 1. The average molecular weight is 244 g/mol. The molecule has 0 radical (unpaired) electrons. The predicted molar refractivity (Wildman–Crippen MR) is 75.9 cm³/mol. The molecule has 1 heterocycles. The summed E-state index contributed by atoms with van der Waals surface area (Å²) in [6.07, 6.45) is 5.16. The van der Waals surface area contributed by atoms with E-state index in [1.54, 1.807) is 0 Å². The topological polar surface area (TPSA) is 29.3 Å². The fourth-order valence-corrected chi connectivity index (χ4v) is 3.21. The third-order valence-corrected chi connectivity index (χ3v) is 4.96. The smallest absolute Gasteiger partial charge is 0.00762 e. The fraction of sp³-hybridized carbons (Fsp3) is 0.625. The molecule has 0 atom stereocenters. The van der Waals surface area contributed by atoms with Gasteiger partial charge in [0.25, 0.3) is 0 Å². The SMILES string of the molecule is CN1CCC(c2ccc(C3(CN)CC3)cc2)CC1. The van der Waals surface area contributed by atoms with Crippen molar-refractivity contribution in [3.8, 4) is 0 Å². The molecule has 0 amide bonds. The van der Waals surface area contributed by atoms with E-state index in [1.165, 1.54) is 49.9 Å². The Labute approximate surface area is 110 Å². The lowest BCUT2D eigenvalue weighted by molar-refractivity contribution is 0.255. The van der Waals surface area contributed by atoms with Crippen LogP contribution in [-0.4, -0.2) is 31.6 Å². The minimum Gasteiger partial charge on any atom is -0.330 e. The first-order valence-corrected chi connectivity index (χ1v) is 7.23. The zero-order valence-electron chi connectivity index (χ0n) is 11.4. The maximum Gasteiger partial charge on any atom is 0.00762 e. The maximum atomic E-state index is 5.89. The van der Waals surface area contributed by atoms with Gasteiger partial charge in [0.1, 0.15) is 0 Å². The van der Waals surface area contributed by atoms with Crippen LogP contribution in [0.15, 0.2) is 24.3 Å². The molecule has 3 rings (SSSR count). The van der Waals surface area contributed by atoms with Crippen LogP contribution in [0.2, 0.25) is 0 Å². The normalized spacial score (nSPS) is 24.1. The van der Waals surface area contributed by atoms with Crippen LogP contribution in [0.3, 0.4) is 0 Å². The van der Waals surface area contributed by atoms with Crippen molar-refractivity contribution in [2.24, 2.45) is 5.73 Å². The van der Waals surface area contributed by atoms with E-state index in [1.807, 2.05) is 0 Å². The summed E-state index contributed by atoms with van der Waals surface area (Å²) in [5, 5.41) is 0. The van der Waals surface area contributed by atoms with E-state index in [0.29, 0.717) is 5.41 Å². The number of rotatable bonds is 3. The van der Waals surface area contributed by atoms with Crippen molar-refractivity contribution in [2.75, 3.05) is 26.7 Å². The van der Waals surface area contributed by atoms with Gasteiger partial charge in [0, 0.05) is 12.0 Å². The van der Waals surface area contributed by atoms with E-state index in [0.717, 1.165) is 12.5 Å². The molecule has 1 aromatic carbocycles. The van der Waals surface area contributed by atoms with Gasteiger partial charge >= 0.3 is 0 Å².